The third-order valence-electron chi connectivity index (χ3n) is 5.40. The number of ether oxygens (including phenoxy) is 2. The maximum atomic E-state index is 12.5. The van der Waals surface area contributed by atoms with Crippen molar-refractivity contribution in [2.24, 2.45) is 0 Å². The van der Waals surface area contributed by atoms with Gasteiger partial charge in [-0.1, -0.05) is 12.1 Å². The van der Waals surface area contributed by atoms with Gasteiger partial charge in [0.25, 0.3) is 5.91 Å². The van der Waals surface area contributed by atoms with Gasteiger partial charge in [-0.25, -0.2) is 0 Å². The highest BCUT2D eigenvalue weighted by Crippen LogP contribution is 2.26. The third kappa shape index (κ3) is 5.13. The van der Waals surface area contributed by atoms with E-state index in [0.29, 0.717) is 24.6 Å². The van der Waals surface area contributed by atoms with Crippen LogP contribution in [0.15, 0.2) is 48.5 Å². The van der Waals surface area contributed by atoms with Crippen molar-refractivity contribution in [2.75, 3.05) is 62.8 Å². The van der Waals surface area contributed by atoms with Crippen molar-refractivity contribution in [2.45, 2.75) is 13.8 Å². The molecule has 0 radical (unpaired) electrons. The number of piperazine rings is 1. The Morgan fingerprint density at radius 3 is 2.14 bits per heavy atom. The normalized spacial score (nSPS) is 13.9. The molecule has 1 fully saturated rings. The summed E-state index contributed by atoms with van der Waals surface area (Å²) >= 11 is 0. The zero-order valence-corrected chi connectivity index (χ0v) is 17.6. The van der Waals surface area contributed by atoms with Crippen molar-refractivity contribution < 1.29 is 14.3 Å². The van der Waals surface area contributed by atoms with Crippen molar-refractivity contribution in [1.29, 1.82) is 0 Å². The molecular formula is C23H31N3O3. The van der Waals surface area contributed by atoms with Crippen LogP contribution in [0.3, 0.4) is 0 Å². The second-order valence-electron chi connectivity index (χ2n) is 7.00. The Morgan fingerprint density at radius 1 is 0.931 bits per heavy atom. The first-order valence-corrected chi connectivity index (χ1v) is 10.3. The molecule has 0 atom stereocenters. The molecule has 6 heteroatoms. The Balaban J connectivity index is 1.50. The monoisotopic (exact) mass is 397 g/mol. The summed E-state index contributed by atoms with van der Waals surface area (Å²) in [5.74, 6) is 1.24. The Hall–Kier alpha value is -2.89. The fourth-order valence-corrected chi connectivity index (χ4v) is 3.65. The molecule has 0 aromatic heterocycles. The molecule has 1 amide bonds. The number of benzene rings is 2. The quantitative estimate of drug-likeness (QED) is 0.684. The largest absolute Gasteiger partial charge is 0.493 e. The van der Waals surface area contributed by atoms with E-state index in [2.05, 4.69) is 47.9 Å². The number of nitrogens with zero attached hydrogens (tertiary/aromatic N) is 3. The van der Waals surface area contributed by atoms with Crippen molar-refractivity contribution in [3.63, 3.8) is 0 Å². The van der Waals surface area contributed by atoms with Crippen LogP contribution in [0.5, 0.6) is 11.5 Å². The molecular weight excluding hydrogens is 366 g/mol. The summed E-state index contributed by atoms with van der Waals surface area (Å²) in [4.78, 5) is 19.1. The van der Waals surface area contributed by atoms with Gasteiger partial charge in [-0.15, -0.1) is 0 Å². The van der Waals surface area contributed by atoms with Crippen LogP contribution in [0.4, 0.5) is 11.4 Å². The van der Waals surface area contributed by atoms with E-state index in [1.54, 1.807) is 7.11 Å². The summed E-state index contributed by atoms with van der Waals surface area (Å²) in [7, 11) is 1.60. The van der Waals surface area contributed by atoms with Crippen LogP contribution >= 0.6 is 0 Å². The minimum atomic E-state index is 0.00689. The summed E-state index contributed by atoms with van der Waals surface area (Å²) in [6, 6.07) is 16.1. The molecule has 156 valence electrons. The Morgan fingerprint density at radius 2 is 1.55 bits per heavy atom. The lowest BCUT2D eigenvalue weighted by atomic mass is 10.2. The lowest BCUT2D eigenvalue weighted by Crippen LogP contribution is -2.50. The van der Waals surface area contributed by atoms with Crippen molar-refractivity contribution in [3.05, 3.63) is 48.5 Å². The highest BCUT2D eigenvalue weighted by atomic mass is 16.5. The lowest BCUT2D eigenvalue weighted by molar-refractivity contribution is -0.133. The van der Waals surface area contributed by atoms with Gasteiger partial charge in [0.05, 0.1) is 7.11 Å². The molecule has 3 rings (SSSR count). The number of hydrogen-bond donors (Lipinski definition) is 0. The molecule has 0 N–H and O–H groups in total. The van der Waals surface area contributed by atoms with Crippen LogP contribution in [0.25, 0.3) is 0 Å². The fraction of sp³-hybridized carbons (Fsp3) is 0.435. The van der Waals surface area contributed by atoms with E-state index in [1.165, 1.54) is 11.4 Å². The van der Waals surface area contributed by atoms with Gasteiger partial charge in [-0.3, -0.25) is 4.79 Å². The standard InChI is InChI=1S/C23H31N3O3/c1-4-24(5-2)19-10-12-20(13-11-19)25-14-16-26(17-15-25)23(27)18-29-22-9-7-6-8-21(22)28-3/h6-13H,4-5,14-18H2,1-3H3. The van der Waals surface area contributed by atoms with Crippen LogP contribution in [0, 0.1) is 0 Å². The molecule has 1 heterocycles. The van der Waals surface area contributed by atoms with Gasteiger partial charge < -0.3 is 24.2 Å². The van der Waals surface area contributed by atoms with E-state index in [9.17, 15) is 4.79 Å². The first-order chi connectivity index (χ1) is 14.2. The number of para-hydroxylation sites is 2. The first kappa shape index (κ1) is 20.8. The molecule has 0 saturated carbocycles. The number of anilines is 2. The summed E-state index contributed by atoms with van der Waals surface area (Å²) in [5, 5.41) is 0. The van der Waals surface area contributed by atoms with Gasteiger partial charge in [0, 0.05) is 50.6 Å². The van der Waals surface area contributed by atoms with Gasteiger partial charge >= 0.3 is 0 Å². The number of amides is 1. The van der Waals surface area contributed by atoms with Crippen LogP contribution in [-0.4, -0.2) is 63.8 Å². The SMILES string of the molecule is CCN(CC)c1ccc(N2CCN(C(=O)COc3ccccc3OC)CC2)cc1. The predicted molar refractivity (Wildman–Crippen MR) is 117 cm³/mol. The highest BCUT2D eigenvalue weighted by Gasteiger charge is 2.22. The summed E-state index contributed by atoms with van der Waals surface area (Å²) in [5.41, 5.74) is 2.46. The zero-order chi connectivity index (χ0) is 20.6. The lowest BCUT2D eigenvalue weighted by Gasteiger charge is -2.36. The summed E-state index contributed by atoms with van der Waals surface area (Å²) in [6.07, 6.45) is 0. The van der Waals surface area contributed by atoms with Gasteiger partial charge in [0.15, 0.2) is 18.1 Å². The molecule has 1 aliphatic heterocycles. The average molecular weight is 398 g/mol. The molecule has 1 saturated heterocycles. The Kier molecular flexibility index (Phi) is 7.22. The first-order valence-electron chi connectivity index (χ1n) is 10.3. The van der Waals surface area contributed by atoms with Gasteiger partial charge in [-0.05, 0) is 50.2 Å². The second kappa shape index (κ2) is 10.0. The Labute approximate surface area is 173 Å². The van der Waals surface area contributed by atoms with Crippen molar-refractivity contribution in [3.8, 4) is 11.5 Å². The third-order valence-corrected chi connectivity index (χ3v) is 5.40. The smallest absolute Gasteiger partial charge is 0.260 e. The van der Waals surface area contributed by atoms with Crippen LogP contribution in [-0.2, 0) is 4.79 Å². The van der Waals surface area contributed by atoms with Crippen LogP contribution in [0.1, 0.15) is 13.8 Å². The van der Waals surface area contributed by atoms with Crippen LogP contribution < -0.4 is 19.3 Å². The molecule has 29 heavy (non-hydrogen) atoms. The molecule has 1 aliphatic rings. The number of rotatable bonds is 8. The van der Waals surface area contributed by atoms with Gasteiger partial charge in [-0.2, -0.15) is 0 Å². The molecule has 0 unspecified atom stereocenters. The minimum absolute atomic E-state index is 0.00689. The van der Waals surface area contributed by atoms with Gasteiger partial charge in [0.2, 0.25) is 0 Å². The predicted octanol–water partition coefficient (Wildman–Crippen LogP) is 3.27. The average Bonchev–Trinajstić information content (AvgIpc) is 2.79. The van der Waals surface area contributed by atoms with E-state index < -0.39 is 0 Å². The van der Waals surface area contributed by atoms with E-state index in [-0.39, 0.29) is 12.5 Å². The minimum Gasteiger partial charge on any atom is -0.493 e. The topological polar surface area (TPSA) is 45.2 Å². The molecule has 6 nitrogen and oxygen atoms in total. The van der Waals surface area contributed by atoms with Crippen molar-refractivity contribution in [1.82, 2.24) is 4.90 Å². The molecule has 2 aromatic rings. The van der Waals surface area contributed by atoms with E-state index in [1.807, 2.05) is 29.2 Å². The maximum Gasteiger partial charge on any atom is 0.260 e. The molecule has 2 aromatic carbocycles. The number of carbonyl (C=O) groups is 1. The van der Waals surface area contributed by atoms with Gasteiger partial charge in [0.1, 0.15) is 0 Å². The number of hydrogen-bond acceptors (Lipinski definition) is 5. The van der Waals surface area contributed by atoms with E-state index in [0.717, 1.165) is 26.2 Å². The van der Waals surface area contributed by atoms with E-state index >= 15 is 0 Å². The molecule has 0 aliphatic carbocycles. The Bertz CT molecular complexity index is 782. The summed E-state index contributed by atoms with van der Waals surface area (Å²) in [6.45, 7) is 9.43. The zero-order valence-electron chi connectivity index (χ0n) is 17.6. The summed E-state index contributed by atoms with van der Waals surface area (Å²) < 4.78 is 10.9. The second-order valence-corrected chi connectivity index (χ2v) is 7.00. The number of carbonyl (C=O) groups excluding carboxylic acids is 1. The van der Waals surface area contributed by atoms with E-state index in [4.69, 9.17) is 9.47 Å². The molecule has 0 spiro atoms. The molecule has 0 bridgehead atoms. The van der Waals surface area contributed by atoms with Crippen LogP contribution in [0.2, 0.25) is 0 Å². The highest BCUT2D eigenvalue weighted by molar-refractivity contribution is 5.78. The maximum absolute atomic E-state index is 12.5. The van der Waals surface area contributed by atoms with Crippen molar-refractivity contribution >= 4 is 17.3 Å². The number of methoxy groups -OCH3 is 1. The fourth-order valence-electron chi connectivity index (χ4n) is 3.65.